The van der Waals surface area contributed by atoms with E-state index >= 15 is 0 Å². The monoisotopic (exact) mass is 424 g/mol. The van der Waals surface area contributed by atoms with Gasteiger partial charge in [-0.25, -0.2) is 4.79 Å². The number of hydrogen-bond donors (Lipinski definition) is 1. The van der Waals surface area contributed by atoms with E-state index in [-0.39, 0.29) is 5.78 Å². The van der Waals surface area contributed by atoms with Gasteiger partial charge in [-0.15, -0.1) is 0 Å². The number of nitrogens with one attached hydrogen (secondary N) is 1. The third-order valence-electron chi connectivity index (χ3n) is 6.45. The van der Waals surface area contributed by atoms with Gasteiger partial charge < -0.3 is 14.6 Å². The van der Waals surface area contributed by atoms with Crippen molar-refractivity contribution >= 4 is 17.4 Å². The number of methoxy groups -OCH3 is 1. The van der Waals surface area contributed by atoms with Crippen LogP contribution in [0.5, 0.6) is 0 Å². The average molecular weight is 425 g/mol. The highest BCUT2D eigenvalue weighted by molar-refractivity contribution is 6.23. The van der Waals surface area contributed by atoms with E-state index < -0.39 is 11.9 Å². The van der Waals surface area contributed by atoms with Crippen molar-refractivity contribution in [2.24, 2.45) is 0 Å². The second kappa shape index (κ2) is 7.38. The number of ketones is 1. The minimum atomic E-state index is -0.512. The number of para-hydroxylation sites is 1. The SMILES string of the molecule is COC(=O)C1=C(C)NC2=C(C(=O)c3ccccc32)[C@H]1c1cc(C)n(-c2ccccc2)c1C. The lowest BCUT2D eigenvalue weighted by Crippen LogP contribution is -2.29. The van der Waals surface area contributed by atoms with Crippen LogP contribution in [0.15, 0.2) is 77.5 Å². The summed E-state index contributed by atoms with van der Waals surface area (Å²) in [6.45, 7) is 5.94. The van der Waals surface area contributed by atoms with Gasteiger partial charge in [-0.3, -0.25) is 4.79 Å². The van der Waals surface area contributed by atoms with E-state index in [0.29, 0.717) is 22.4 Å². The summed E-state index contributed by atoms with van der Waals surface area (Å²) in [6.07, 6.45) is 0. The van der Waals surface area contributed by atoms with Crippen LogP contribution in [-0.4, -0.2) is 23.4 Å². The van der Waals surface area contributed by atoms with Crippen LogP contribution in [0.1, 0.15) is 45.7 Å². The standard InChI is InChI=1S/C27H24N2O3/c1-15-14-21(17(3)29(15)18-10-6-5-7-11-18)23-22(27(31)32-4)16(2)28-25-19-12-8-9-13-20(19)26(30)24(23)25/h5-14,23,28H,1-4H3/t23-/m0/s1. The van der Waals surface area contributed by atoms with Crippen LogP contribution < -0.4 is 5.32 Å². The Labute approximate surface area is 187 Å². The second-order valence-corrected chi connectivity index (χ2v) is 8.25. The lowest BCUT2D eigenvalue weighted by atomic mass is 9.79. The van der Waals surface area contributed by atoms with Crippen molar-refractivity contribution in [2.45, 2.75) is 26.7 Å². The molecule has 0 saturated carbocycles. The van der Waals surface area contributed by atoms with E-state index in [1.807, 2.05) is 63.2 Å². The first-order chi connectivity index (χ1) is 15.4. The Morgan fingerprint density at radius 3 is 2.31 bits per heavy atom. The van der Waals surface area contributed by atoms with Gasteiger partial charge in [0.1, 0.15) is 0 Å². The number of rotatable bonds is 3. The quantitative estimate of drug-likeness (QED) is 0.612. The zero-order chi connectivity index (χ0) is 22.6. The molecule has 1 aromatic heterocycles. The number of fused-ring (bicyclic) bond motifs is 2. The average Bonchev–Trinajstić information content (AvgIpc) is 3.26. The van der Waals surface area contributed by atoms with E-state index in [0.717, 1.165) is 33.9 Å². The molecule has 5 nitrogen and oxygen atoms in total. The first-order valence-electron chi connectivity index (χ1n) is 10.6. The van der Waals surface area contributed by atoms with Gasteiger partial charge in [0.2, 0.25) is 0 Å². The van der Waals surface area contributed by atoms with Gasteiger partial charge in [-0.2, -0.15) is 0 Å². The van der Waals surface area contributed by atoms with E-state index in [2.05, 4.69) is 28.1 Å². The van der Waals surface area contributed by atoms with Gasteiger partial charge in [0.05, 0.1) is 24.3 Å². The Bertz CT molecular complexity index is 1340. The highest BCUT2D eigenvalue weighted by Gasteiger charge is 2.43. The van der Waals surface area contributed by atoms with Gasteiger partial charge >= 0.3 is 5.97 Å². The van der Waals surface area contributed by atoms with Crippen LogP contribution in [0, 0.1) is 13.8 Å². The molecule has 1 aliphatic heterocycles. The molecule has 2 aliphatic rings. The number of ether oxygens (including phenoxy) is 1. The Balaban J connectivity index is 1.76. The topological polar surface area (TPSA) is 60.3 Å². The van der Waals surface area contributed by atoms with Crippen LogP contribution in [0.3, 0.4) is 0 Å². The summed E-state index contributed by atoms with van der Waals surface area (Å²) in [5, 5.41) is 3.33. The molecule has 0 saturated heterocycles. The number of carbonyl (C=O) groups is 2. The summed E-state index contributed by atoms with van der Waals surface area (Å²) in [5.74, 6) is -0.992. The summed E-state index contributed by atoms with van der Waals surface area (Å²) < 4.78 is 7.32. The molecule has 2 heterocycles. The van der Waals surface area contributed by atoms with Gasteiger partial charge in [-0.1, -0.05) is 42.5 Å². The molecular formula is C27H24N2O3. The predicted molar refractivity (Wildman–Crippen MR) is 124 cm³/mol. The molecule has 0 fully saturated rings. The zero-order valence-electron chi connectivity index (χ0n) is 18.5. The van der Waals surface area contributed by atoms with Crippen LogP contribution in [-0.2, 0) is 9.53 Å². The first kappa shape index (κ1) is 20.1. The van der Waals surface area contributed by atoms with Crippen molar-refractivity contribution in [3.8, 4) is 5.69 Å². The van der Waals surface area contributed by atoms with Crippen molar-refractivity contribution in [1.29, 1.82) is 0 Å². The Hall–Kier alpha value is -3.86. The minimum Gasteiger partial charge on any atom is -0.466 e. The number of esters is 1. The normalized spacial score (nSPS) is 17.2. The molecule has 160 valence electrons. The van der Waals surface area contributed by atoms with Crippen LogP contribution >= 0.6 is 0 Å². The van der Waals surface area contributed by atoms with Crippen LogP contribution in [0.4, 0.5) is 0 Å². The number of aromatic nitrogens is 1. The maximum atomic E-state index is 13.6. The molecule has 0 bridgehead atoms. The molecule has 2 aromatic carbocycles. The molecule has 5 heteroatoms. The van der Waals surface area contributed by atoms with E-state index in [1.54, 1.807) is 0 Å². The van der Waals surface area contributed by atoms with Gasteiger partial charge in [-0.05, 0) is 44.5 Å². The largest absolute Gasteiger partial charge is 0.466 e. The van der Waals surface area contributed by atoms with Crippen molar-refractivity contribution < 1.29 is 14.3 Å². The predicted octanol–water partition coefficient (Wildman–Crippen LogP) is 4.84. The molecule has 1 N–H and O–H groups in total. The number of nitrogens with zero attached hydrogens (tertiary/aromatic N) is 1. The molecule has 3 aromatic rings. The Kier molecular flexibility index (Phi) is 4.63. The number of hydrogen-bond acceptors (Lipinski definition) is 4. The maximum absolute atomic E-state index is 13.6. The lowest BCUT2D eigenvalue weighted by Gasteiger charge is -2.29. The minimum absolute atomic E-state index is 0.0495. The third kappa shape index (κ3) is 2.78. The van der Waals surface area contributed by atoms with Gasteiger partial charge in [0.25, 0.3) is 0 Å². The highest BCUT2D eigenvalue weighted by Crippen LogP contribution is 2.48. The maximum Gasteiger partial charge on any atom is 0.336 e. The molecule has 1 atom stereocenters. The zero-order valence-corrected chi connectivity index (χ0v) is 18.5. The molecule has 32 heavy (non-hydrogen) atoms. The molecule has 0 radical (unpaired) electrons. The van der Waals surface area contributed by atoms with E-state index in [1.165, 1.54) is 7.11 Å². The molecule has 0 unspecified atom stereocenters. The fourth-order valence-electron chi connectivity index (χ4n) is 5.07. The smallest absolute Gasteiger partial charge is 0.336 e. The van der Waals surface area contributed by atoms with Crippen molar-refractivity contribution in [2.75, 3.05) is 7.11 Å². The first-order valence-corrected chi connectivity index (χ1v) is 10.6. The van der Waals surface area contributed by atoms with Gasteiger partial charge in [0, 0.05) is 39.5 Å². The molecule has 5 rings (SSSR count). The van der Waals surface area contributed by atoms with Crippen molar-refractivity contribution in [1.82, 2.24) is 9.88 Å². The van der Waals surface area contributed by atoms with E-state index in [9.17, 15) is 9.59 Å². The summed E-state index contributed by atoms with van der Waals surface area (Å²) in [5.41, 5.74) is 8.09. The Morgan fingerprint density at radius 1 is 0.969 bits per heavy atom. The molecule has 0 amide bonds. The van der Waals surface area contributed by atoms with Crippen molar-refractivity contribution in [3.05, 3.63) is 106 Å². The number of carbonyl (C=O) groups excluding carboxylic acids is 2. The second-order valence-electron chi connectivity index (χ2n) is 8.25. The number of dihydropyridines is 1. The Morgan fingerprint density at radius 2 is 1.62 bits per heavy atom. The summed E-state index contributed by atoms with van der Waals surface area (Å²) in [6, 6.07) is 19.7. The summed E-state index contributed by atoms with van der Waals surface area (Å²) in [4.78, 5) is 26.5. The number of benzene rings is 2. The summed E-state index contributed by atoms with van der Waals surface area (Å²) >= 11 is 0. The molecule has 0 spiro atoms. The fraction of sp³-hybridized carbons (Fsp3) is 0.185. The summed E-state index contributed by atoms with van der Waals surface area (Å²) in [7, 11) is 1.38. The van der Waals surface area contributed by atoms with Crippen molar-refractivity contribution in [3.63, 3.8) is 0 Å². The van der Waals surface area contributed by atoms with Crippen LogP contribution in [0.25, 0.3) is 11.4 Å². The fourth-order valence-corrected chi connectivity index (χ4v) is 5.07. The third-order valence-corrected chi connectivity index (χ3v) is 6.45. The lowest BCUT2D eigenvalue weighted by molar-refractivity contribution is -0.136. The highest BCUT2D eigenvalue weighted by atomic mass is 16.5. The molecular weight excluding hydrogens is 400 g/mol. The van der Waals surface area contributed by atoms with Crippen LogP contribution in [0.2, 0.25) is 0 Å². The van der Waals surface area contributed by atoms with Gasteiger partial charge in [0.15, 0.2) is 5.78 Å². The number of aryl methyl sites for hydroxylation is 1. The number of Topliss-reactive ketones (excluding diaryl/α,β-unsaturated/α-hetero) is 1. The molecule has 1 aliphatic carbocycles. The van der Waals surface area contributed by atoms with E-state index in [4.69, 9.17) is 4.74 Å². The number of allylic oxidation sites excluding steroid dienone is 2.